The Hall–Kier alpha value is -4.41. The molecule has 0 radical (unpaired) electrons. The molecule has 3 aromatic rings. The molecule has 1 unspecified atom stereocenters. The van der Waals surface area contributed by atoms with E-state index in [0.717, 1.165) is 11.1 Å². The Labute approximate surface area is 248 Å². The number of piperidine rings is 2. The summed E-state index contributed by atoms with van der Waals surface area (Å²) in [5.74, 6) is -2.16. The van der Waals surface area contributed by atoms with E-state index in [9.17, 15) is 18.0 Å². The first-order valence-electron chi connectivity index (χ1n) is 14.4. The second-order valence-corrected chi connectivity index (χ2v) is 11.1. The van der Waals surface area contributed by atoms with Crippen LogP contribution in [0.15, 0.2) is 89.1 Å². The Balaban J connectivity index is 1.48. The average Bonchev–Trinajstić information content (AvgIpc) is 3.00. The molecule has 43 heavy (non-hydrogen) atoms. The van der Waals surface area contributed by atoms with Gasteiger partial charge in [0.2, 0.25) is 11.8 Å². The van der Waals surface area contributed by atoms with Gasteiger partial charge in [-0.2, -0.15) is 13.2 Å². The van der Waals surface area contributed by atoms with Gasteiger partial charge < -0.3 is 20.7 Å². The van der Waals surface area contributed by atoms with Gasteiger partial charge in [0.25, 0.3) is 0 Å². The van der Waals surface area contributed by atoms with Crippen molar-refractivity contribution in [2.45, 2.75) is 51.4 Å². The third-order valence-corrected chi connectivity index (χ3v) is 7.69. The molecule has 1 amide bonds. The number of halogens is 3. The molecule has 1 aromatic heterocycles. The lowest BCUT2D eigenvalue weighted by Crippen LogP contribution is -2.48. The van der Waals surface area contributed by atoms with Crippen LogP contribution in [0.2, 0.25) is 0 Å². The zero-order valence-electron chi connectivity index (χ0n) is 24.1. The van der Waals surface area contributed by atoms with Gasteiger partial charge in [0.1, 0.15) is 11.9 Å². The lowest BCUT2D eigenvalue weighted by atomic mass is 9.82. The maximum Gasteiger partial charge on any atom is 0.396 e. The number of benzene rings is 2. The topological polar surface area (TPSA) is 106 Å². The van der Waals surface area contributed by atoms with E-state index >= 15 is 0 Å². The van der Waals surface area contributed by atoms with Gasteiger partial charge in [-0.25, -0.2) is 0 Å². The first-order valence-corrected chi connectivity index (χ1v) is 14.4. The summed E-state index contributed by atoms with van der Waals surface area (Å²) in [6, 6.07) is 21.5. The number of nitrogens with two attached hydrogens (primary N) is 1. The number of hydrogen-bond donors (Lipinski definition) is 2. The summed E-state index contributed by atoms with van der Waals surface area (Å²) >= 11 is 0. The molecular formula is C32H35F3N6O2. The molecule has 3 heterocycles. The van der Waals surface area contributed by atoms with Crippen LogP contribution in [0, 0.1) is 11.8 Å². The zero-order valence-corrected chi connectivity index (χ0v) is 24.1. The molecule has 2 aromatic carbocycles. The van der Waals surface area contributed by atoms with Crippen molar-refractivity contribution in [1.82, 2.24) is 15.5 Å². The number of allylic oxidation sites excluding steroid dienone is 1. The molecule has 11 heteroatoms. The quantitative estimate of drug-likeness (QED) is 0.371. The second-order valence-electron chi connectivity index (χ2n) is 11.1. The predicted octanol–water partition coefficient (Wildman–Crippen LogP) is 5.58. The summed E-state index contributed by atoms with van der Waals surface area (Å²) in [5.41, 5.74) is 8.17. The molecule has 1 atom stereocenters. The van der Waals surface area contributed by atoms with Crippen molar-refractivity contribution >= 4 is 17.6 Å². The van der Waals surface area contributed by atoms with E-state index in [0.29, 0.717) is 37.6 Å². The normalized spacial score (nSPS) is 20.4. The van der Waals surface area contributed by atoms with E-state index < -0.39 is 30.5 Å². The molecule has 2 fully saturated rings. The molecule has 3 N–H and O–H groups in total. The van der Waals surface area contributed by atoms with Gasteiger partial charge in [0, 0.05) is 42.8 Å². The Morgan fingerprint density at radius 1 is 0.977 bits per heavy atom. The molecule has 2 aliphatic rings. The van der Waals surface area contributed by atoms with Crippen LogP contribution in [0.3, 0.4) is 0 Å². The van der Waals surface area contributed by atoms with Crippen molar-refractivity contribution in [2.24, 2.45) is 22.6 Å². The van der Waals surface area contributed by atoms with E-state index in [1.807, 2.05) is 85.5 Å². The number of amidine groups is 1. The number of hydrogen-bond acceptors (Lipinski definition) is 7. The number of nitrogens with one attached hydrogen (secondary N) is 1. The minimum absolute atomic E-state index is 0.0268. The van der Waals surface area contributed by atoms with Gasteiger partial charge in [-0.1, -0.05) is 60.7 Å². The Kier molecular flexibility index (Phi) is 8.98. The second kappa shape index (κ2) is 12.8. The summed E-state index contributed by atoms with van der Waals surface area (Å²) in [4.78, 5) is 19.4. The average molecular weight is 593 g/mol. The van der Waals surface area contributed by atoms with Crippen LogP contribution >= 0.6 is 0 Å². The van der Waals surface area contributed by atoms with Crippen LogP contribution in [0.4, 0.5) is 19.0 Å². The fraction of sp³-hybridized carbons (Fsp3) is 0.375. The van der Waals surface area contributed by atoms with Crippen molar-refractivity contribution in [2.75, 3.05) is 18.0 Å². The van der Waals surface area contributed by atoms with Gasteiger partial charge in [-0.15, -0.1) is 10.2 Å². The Morgan fingerprint density at radius 2 is 1.58 bits per heavy atom. The van der Waals surface area contributed by atoms with Crippen molar-refractivity contribution in [3.63, 3.8) is 0 Å². The first kappa shape index (κ1) is 30.1. The minimum atomic E-state index is -4.68. The number of ether oxygens (including phenoxy) is 1. The zero-order chi connectivity index (χ0) is 30.6. The largest absolute Gasteiger partial charge is 0.474 e. The lowest BCUT2D eigenvalue weighted by molar-refractivity contribution is -0.169. The number of anilines is 1. The van der Waals surface area contributed by atoms with Crippen LogP contribution in [0.25, 0.3) is 0 Å². The molecule has 2 aliphatic heterocycles. The number of amides is 1. The van der Waals surface area contributed by atoms with Crippen LogP contribution in [0.1, 0.15) is 50.3 Å². The number of aliphatic imine (C=N–C) groups is 1. The molecule has 2 saturated heterocycles. The molecule has 8 nitrogen and oxygen atoms in total. The maximum atomic E-state index is 14.5. The maximum absolute atomic E-state index is 14.5. The van der Waals surface area contributed by atoms with Crippen molar-refractivity contribution in [3.8, 4) is 5.88 Å². The van der Waals surface area contributed by atoms with E-state index in [2.05, 4.69) is 15.5 Å². The number of carbonyl (C=O) groups excluding carboxylic acids is 1. The number of aromatic nitrogens is 2. The third-order valence-electron chi connectivity index (χ3n) is 7.69. The van der Waals surface area contributed by atoms with Gasteiger partial charge in [0.05, 0.1) is 12.0 Å². The molecule has 0 spiro atoms. The number of alkyl halides is 3. The summed E-state index contributed by atoms with van der Waals surface area (Å²) in [7, 11) is 0. The van der Waals surface area contributed by atoms with Gasteiger partial charge >= 0.3 is 6.18 Å². The number of nitrogens with zero attached hydrogens (tertiary/aromatic N) is 4. The fourth-order valence-corrected chi connectivity index (χ4v) is 5.59. The highest BCUT2D eigenvalue weighted by molar-refractivity contribution is 6.11. The van der Waals surface area contributed by atoms with Gasteiger partial charge in [0.15, 0.2) is 5.82 Å². The summed E-state index contributed by atoms with van der Waals surface area (Å²) < 4.78 is 49.0. The summed E-state index contributed by atoms with van der Waals surface area (Å²) in [6.45, 7) is 4.87. The van der Waals surface area contributed by atoms with E-state index in [-0.39, 0.29) is 29.1 Å². The highest BCUT2D eigenvalue weighted by Gasteiger charge is 2.49. The van der Waals surface area contributed by atoms with Crippen molar-refractivity contribution in [3.05, 3.63) is 95.2 Å². The number of carbonyl (C=O) groups is 1. The monoisotopic (exact) mass is 592 g/mol. The molecule has 0 saturated carbocycles. The third kappa shape index (κ3) is 7.15. The minimum Gasteiger partial charge on any atom is -0.474 e. The summed E-state index contributed by atoms with van der Waals surface area (Å²) in [5, 5.41) is 11.0. The molecular weight excluding hydrogens is 557 g/mol. The standard InChI is InChI=1S/C32H35F3N6O2/c1-20(2)43-27-14-13-25(39-40-27)41-17-15-21(16-18-41)29(36)28-24(32(33,34)35)19-26(42)37-31(28)38-30(22-9-5-3-6-10-22)23-11-7-4-8-12-23/h3-14,20-21,24,30H,15-19,36H2,1-2H3,(H,37,38,42). The Bertz CT molecular complexity index is 1410. The van der Waals surface area contributed by atoms with Crippen LogP contribution < -0.4 is 20.7 Å². The van der Waals surface area contributed by atoms with E-state index in [4.69, 9.17) is 15.5 Å². The first-order chi connectivity index (χ1) is 20.6. The lowest BCUT2D eigenvalue weighted by Gasteiger charge is -2.36. The summed E-state index contributed by atoms with van der Waals surface area (Å²) in [6.07, 6.45) is -4.43. The van der Waals surface area contributed by atoms with E-state index in [1.54, 1.807) is 6.07 Å². The molecule has 0 bridgehead atoms. The Morgan fingerprint density at radius 3 is 2.09 bits per heavy atom. The van der Waals surface area contributed by atoms with Crippen LogP contribution in [0.5, 0.6) is 5.88 Å². The van der Waals surface area contributed by atoms with E-state index in [1.165, 1.54) is 0 Å². The fourth-order valence-electron chi connectivity index (χ4n) is 5.59. The van der Waals surface area contributed by atoms with Crippen molar-refractivity contribution in [1.29, 1.82) is 0 Å². The smallest absolute Gasteiger partial charge is 0.396 e. The van der Waals surface area contributed by atoms with Gasteiger partial charge in [-0.05, 0) is 43.9 Å². The van der Waals surface area contributed by atoms with Crippen LogP contribution in [-0.4, -0.2) is 47.3 Å². The van der Waals surface area contributed by atoms with Gasteiger partial charge in [-0.3, -0.25) is 9.79 Å². The SMILES string of the molecule is CC(C)Oc1ccc(N2CCC(C(N)=C3C(=NC(c4ccccc4)c4ccccc4)NC(=O)CC3C(F)(F)F)CC2)nn1. The highest BCUT2D eigenvalue weighted by Crippen LogP contribution is 2.41. The molecule has 226 valence electrons. The van der Waals surface area contributed by atoms with Crippen LogP contribution in [-0.2, 0) is 4.79 Å². The molecule has 5 rings (SSSR count). The molecule has 0 aliphatic carbocycles. The van der Waals surface area contributed by atoms with Crippen molar-refractivity contribution < 1.29 is 22.7 Å². The predicted molar refractivity (Wildman–Crippen MR) is 158 cm³/mol. The number of rotatable bonds is 7. The highest BCUT2D eigenvalue weighted by atomic mass is 19.4.